The van der Waals surface area contributed by atoms with Gasteiger partial charge >= 0.3 is 0 Å². The molecule has 1 aliphatic rings. The van der Waals surface area contributed by atoms with Crippen molar-refractivity contribution in [1.29, 1.82) is 0 Å². The number of hydrogen-bond acceptors (Lipinski definition) is 5. The highest BCUT2D eigenvalue weighted by Crippen LogP contribution is 2.42. The summed E-state index contributed by atoms with van der Waals surface area (Å²) in [7, 11) is -1.40. The molecule has 2 heterocycles. The SMILES string of the molecule is CCCC1=Nc2c(ncnc2S(=O)c2ccccc2)Sc2ccccc21. The molecule has 130 valence electrons. The van der Waals surface area contributed by atoms with Crippen molar-refractivity contribution in [2.24, 2.45) is 4.99 Å². The molecule has 0 spiro atoms. The Labute approximate surface area is 159 Å². The molecule has 0 saturated heterocycles. The van der Waals surface area contributed by atoms with Gasteiger partial charge in [0.1, 0.15) is 27.8 Å². The summed E-state index contributed by atoms with van der Waals surface area (Å²) in [5.74, 6) is 0. The fourth-order valence-corrected chi connectivity index (χ4v) is 4.97. The van der Waals surface area contributed by atoms with Crippen LogP contribution in [0.5, 0.6) is 0 Å². The Hall–Kier alpha value is -2.31. The first kappa shape index (κ1) is 17.1. The van der Waals surface area contributed by atoms with E-state index >= 15 is 0 Å². The largest absolute Gasteiger partial charge is 0.247 e. The van der Waals surface area contributed by atoms with E-state index in [1.54, 1.807) is 11.8 Å². The Kier molecular flexibility index (Phi) is 4.95. The highest BCUT2D eigenvalue weighted by atomic mass is 32.2. The Morgan fingerprint density at radius 1 is 1.00 bits per heavy atom. The van der Waals surface area contributed by atoms with Crippen LogP contribution in [0.25, 0.3) is 0 Å². The van der Waals surface area contributed by atoms with Gasteiger partial charge in [-0.2, -0.15) is 0 Å². The number of benzene rings is 2. The summed E-state index contributed by atoms with van der Waals surface area (Å²) in [6.45, 7) is 2.13. The van der Waals surface area contributed by atoms with Crippen molar-refractivity contribution in [3.8, 4) is 0 Å². The number of aromatic nitrogens is 2. The van der Waals surface area contributed by atoms with Gasteiger partial charge in [0.05, 0.1) is 0 Å². The molecular formula is C20H17N3OS2. The zero-order valence-corrected chi connectivity index (χ0v) is 15.9. The summed E-state index contributed by atoms with van der Waals surface area (Å²) in [4.78, 5) is 15.5. The van der Waals surface area contributed by atoms with Crippen molar-refractivity contribution in [1.82, 2.24) is 9.97 Å². The van der Waals surface area contributed by atoms with Crippen LogP contribution in [0.1, 0.15) is 25.3 Å². The van der Waals surface area contributed by atoms with E-state index in [0.717, 1.165) is 34.0 Å². The third kappa shape index (κ3) is 3.22. The second-order valence-electron chi connectivity index (χ2n) is 5.82. The zero-order chi connectivity index (χ0) is 17.9. The molecule has 1 aliphatic heterocycles. The molecule has 0 aliphatic carbocycles. The van der Waals surface area contributed by atoms with Crippen LogP contribution < -0.4 is 0 Å². The van der Waals surface area contributed by atoms with Crippen LogP contribution in [-0.2, 0) is 10.8 Å². The lowest BCUT2D eigenvalue weighted by Crippen LogP contribution is -2.02. The summed E-state index contributed by atoms with van der Waals surface area (Å²) in [6.07, 6.45) is 3.31. The standard InChI is InChI=1S/C20H17N3OS2/c1-2-8-16-15-11-6-7-12-17(15)25-19-18(23-16)20(22-13-21-19)26(24)14-9-4-3-5-10-14/h3-7,9-13H,2,8H2,1H3. The average Bonchev–Trinajstić information content (AvgIpc) is 2.85. The fraction of sp³-hybridized carbons (Fsp3) is 0.150. The Bertz CT molecular complexity index is 1000. The van der Waals surface area contributed by atoms with Gasteiger partial charge in [-0.3, -0.25) is 0 Å². The maximum absolute atomic E-state index is 13.1. The van der Waals surface area contributed by atoms with Crippen LogP contribution in [0.15, 0.2) is 85.8 Å². The van der Waals surface area contributed by atoms with Gasteiger partial charge in [-0.15, -0.1) is 0 Å². The zero-order valence-electron chi connectivity index (χ0n) is 14.3. The second kappa shape index (κ2) is 7.51. The van der Waals surface area contributed by atoms with Gasteiger partial charge in [-0.1, -0.05) is 61.5 Å². The van der Waals surface area contributed by atoms with Gasteiger partial charge in [0.2, 0.25) is 0 Å². The van der Waals surface area contributed by atoms with Gasteiger partial charge in [-0.25, -0.2) is 19.2 Å². The molecule has 26 heavy (non-hydrogen) atoms. The first-order valence-corrected chi connectivity index (χ1v) is 10.4. The van der Waals surface area contributed by atoms with Crippen molar-refractivity contribution >= 4 is 34.0 Å². The molecule has 1 aromatic heterocycles. The topological polar surface area (TPSA) is 55.2 Å². The van der Waals surface area contributed by atoms with Crippen LogP contribution in [0.3, 0.4) is 0 Å². The molecule has 2 aromatic carbocycles. The molecule has 0 N–H and O–H groups in total. The van der Waals surface area contributed by atoms with Gasteiger partial charge in [-0.05, 0) is 24.6 Å². The predicted octanol–water partition coefficient (Wildman–Crippen LogP) is 5.03. The predicted molar refractivity (Wildman–Crippen MR) is 105 cm³/mol. The minimum absolute atomic E-state index is 0.468. The van der Waals surface area contributed by atoms with Crippen LogP contribution >= 0.6 is 11.8 Å². The number of nitrogens with zero attached hydrogens (tertiary/aromatic N) is 3. The van der Waals surface area contributed by atoms with Crippen molar-refractivity contribution in [3.63, 3.8) is 0 Å². The number of hydrogen-bond donors (Lipinski definition) is 0. The average molecular weight is 380 g/mol. The molecule has 6 heteroatoms. The van der Waals surface area contributed by atoms with E-state index in [0.29, 0.717) is 15.6 Å². The quantitative estimate of drug-likeness (QED) is 0.597. The van der Waals surface area contributed by atoms with Crippen molar-refractivity contribution in [3.05, 3.63) is 66.5 Å². The van der Waals surface area contributed by atoms with Crippen LogP contribution in [-0.4, -0.2) is 19.9 Å². The Morgan fingerprint density at radius 3 is 2.58 bits per heavy atom. The summed E-state index contributed by atoms with van der Waals surface area (Å²) in [5.41, 5.74) is 2.74. The van der Waals surface area contributed by atoms with Gasteiger partial charge in [0.15, 0.2) is 5.03 Å². The van der Waals surface area contributed by atoms with Crippen molar-refractivity contribution in [2.45, 2.75) is 39.6 Å². The van der Waals surface area contributed by atoms with Crippen LogP contribution in [0.2, 0.25) is 0 Å². The highest BCUT2D eigenvalue weighted by Gasteiger charge is 2.23. The summed E-state index contributed by atoms with van der Waals surface area (Å²) < 4.78 is 13.1. The first-order valence-electron chi connectivity index (χ1n) is 8.44. The summed E-state index contributed by atoms with van der Waals surface area (Å²) in [6, 6.07) is 17.6. The highest BCUT2D eigenvalue weighted by molar-refractivity contribution is 7.99. The van der Waals surface area contributed by atoms with E-state index in [4.69, 9.17) is 4.99 Å². The molecule has 0 amide bonds. The molecule has 4 rings (SSSR count). The molecule has 0 bridgehead atoms. The van der Waals surface area contributed by atoms with E-state index in [2.05, 4.69) is 29.0 Å². The van der Waals surface area contributed by atoms with Crippen LogP contribution in [0, 0.1) is 0 Å². The number of rotatable bonds is 4. The molecule has 4 nitrogen and oxygen atoms in total. The third-order valence-corrected chi connectivity index (χ3v) is 6.44. The molecule has 1 unspecified atom stereocenters. The van der Waals surface area contributed by atoms with E-state index in [1.807, 2.05) is 42.5 Å². The van der Waals surface area contributed by atoms with E-state index in [9.17, 15) is 4.21 Å². The summed E-state index contributed by atoms with van der Waals surface area (Å²) in [5, 5.41) is 1.22. The first-order chi connectivity index (χ1) is 12.8. The maximum Gasteiger partial charge on any atom is 0.162 e. The fourth-order valence-electron chi connectivity index (χ4n) is 2.83. The lowest BCUT2D eigenvalue weighted by Gasteiger charge is -2.08. The monoisotopic (exact) mass is 379 g/mol. The van der Waals surface area contributed by atoms with Crippen molar-refractivity contribution < 1.29 is 4.21 Å². The van der Waals surface area contributed by atoms with Gasteiger partial charge < -0.3 is 0 Å². The minimum Gasteiger partial charge on any atom is -0.247 e. The minimum atomic E-state index is -1.40. The Balaban J connectivity index is 1.89. The van der Waals surface area contributed by atoms with E-state index in [-0.39, 0.29) is 0 Å². The second-order valence-corrected chi connectivity index (χ2v) is 8.25. The number of fused-ring (bicyclic) bond motifs is 2. The Morgan fingerprint density at radius 2 is 1.77 bits per heavy atom. The van der Waals surface area contributed by atoms with Gasteiger partial charge in [0, 0.05) is 21.1 Å². The molecule has 0 saturated carbocycles. The maximum atomic E-state index is 13.1. The molecule has 0 fully saturated rings. The van der Waals surface area contributed by atoms with Gasteiger partial charge in [0.25, 0.3) is 0 Å². The van der Waals surface area contributed by atoms with E-state index < -0.39 is 10.8 Å². The third-order valence-electron chi connectivity index (χ3n) is 4.03. The molecule has 3 aromatic rings. The van der Waals surface area contributed by atoms with Crippen molar-refractivity contribution in [2.75, 3.05) is 0 Å². The molecule has 1 atom stereocenters. The summed E-state index contributed by atoms with van der Waals surface area (Å²) >= 11 is 1.56. The normalized spacial score (nSPS) is 14.0. The lowest BCUT2D eigenvalue weighted by molar-refractivity contribution is 0.679. The van der Waals surface area contributed by atoms with E-state index in [1.165, 1.54) is 6.33 Å². The molecule has 0 radical (unpaired) electrons. The lowest BCUT2D eigenvalue weighted by atomic mass is 10.1. The smallest absolute Gasteiger partial charge is 0.162 e. The van der Waals surface area contributed by atoms with Crippen LogP contribution in [0.4, 0.5) is 5.69 Å². The molecular weight excluding hydrogens is 362 g/mol. The number of aliphatic imine (C=N–C) groups is 1.